The first kappa shape index (κ1) is 18.8. The summed E-state index contributed by atoms with van der Waals surface area (Å²) in [6.07, 6.45) is 1.09. The average Bonchev–Trinajstić information content (AvgIpc) is 3.04. The van der Waals surface area contributed by atoms with Gasteiger partial charge in [-0.15, -0.1) is 0 Å². The number of hydrogen-bond donors (Lipinski definition) is 3. The van der Waals surface area contributed by atoms with Gasteiger partial charge in [-0.3, -0.25) is 9.59 Å². The van der Waals surface area contributed by atoms with Crippen LogP contribution in [-0.2, 0) is 9.59 Å². The smallest absolute Gasteiger partial charge is 0.326 e. The Labute approximate surface area is 147 Å². The van der Waals surface area contributed by atoms with Gasteiger partial charge in [-0.1, -0.05) is 19.9 Å². The van der Waals surface area contributed by atoms with Crippen LogP contribution in [0.25, 0.3) is 0 Å². The van der Waals surface area contributed by atoms with Crippen LogP contribution in [0.2, 0.25) is 0 Å². The van der Waals surface area contributed by atoms with Gasteiger partial charge in [-0.25, -0.2) is 4.79 Å². The Morgan fingerprint density at radius 2 is 2.00 bits per heavy atom. The van der Waals surface area contributed by atoms with Gasteiger partial charge in [0.15, 0.2) is 0 Å². The molecular formula is C18H25N3O4. The van der Waals surface area contributed by atoms with E-state index in [9.17, 15) is 19.5 Å². The minimum atomic E-state index is -1.01. The normalized spacial score (nSPS) is 18.2. The number of likely N-dealkylation sites (tertiary alicyclic amines) is 1. The molecule has 7 heteroatoms. The van der Waals surface area contributed by atoms with E-state index in [4.69, 9.17) is 5.73 Å². The number of carbonyl (C=O) groups is 3. The molecular weight excluding hydrogens is 322 g/mol. The molecule has 136 valence electrons. The Balaban J connectivity index is 2.21. The predicted octanol–water partition coefficient (Wildman–Crippen LogP) is 1.41. The lowest BCUT2D eigenvalue weighted by molar-refractivity contribution is -0.149. The van der Waals surface area contributed by atoms with Crippen LogP contribution in [0.15, 0.2) is 18.2 Å². The summed E-state index contributed by atoms with van der Waals surface area (Å²) in [6, 6.07) is 3.44. The number of rotatable bonds is 5. The summed E-state index contributed by atoms with van der Waals surface area (Å²) < 4.78 is 0. The highest BCUT2D eigenvalue weighted by molar-refractivity contribution is 6.00. The molecule has 1 aromatic rings. The third-order valence-electron chi connectivity index (χ3n) is 4.66. The van der Waals surface area contributed by atoms with E-state index in [0.717, 1.165) is 0 Å². The fourth-order valence-electron chi connectivity index (χ4n) is 3.10. The average molecular weight is 347 g/mol. The molecule has 1 fully saturated rings. The second-order valence-electron chi connectivity index (χ2n) is 6.74. The van der Waals surface area contributed by atoms with Gasteiger partial charge < -0.3 is 21.1 Å². The summed E-state index contributed by atoms with van der Waals surface area (Å²) >= 11 is 0. The number of carboxylic acids is 1. The van der Waals surface area contributed by atoms with Crippen LogP contribution in [-0.4, -0.2) is 46.4 Å². The maximum absolute atomic E-state index is 12.8. The molecule has 0 spiro atoms. The lowest BCUT2D eigenvalue weighted by Crippen LogP contribution is -2.53. The van der Waals surface area contributed by atoms with Crippen molar-refractivity contribution in [3.63, 3.8) is 0 Å². The summed E-state index contributed by atoms with van der Waals surface area (Å²) in [5.41, 5.74) is 7.41. The van der Waals surface area contributed by atoms with Crippen LogP contribution in [0.5, 0.6) is 0 Å². The van der Waals surface area contributed by atoms with Crippen molar-refractivity contribution >= 4 is 23.5 Å². The van der Waals surface area contributed by atoms with E-state index >= 15 is 0 Å². The Kier molecular flexibility index (Phi) is 5.66. The van der Waals surface area contributed by atoms with E-state index in [1.807, 2.05) is 13.8 Å². The van der Waals surface area contributed by atoms with E-state index in [0.29, 0.717) is 36.2 Å². The van der Waals surface area contributed by atoms with Crippen LogP contribution >= 0.6 is 0 Å². The lowest BCUT2D eigenvalue weighted by atomic mass is 10.0. The number of amides is 2. The van der Waals surface area contributed by atoms with E-state index < -0.39 is 18.1 Å². The summed E-state index contributed by atoms with van der Waals surface area (Å²) in [5.74, 6) is -1.92. The molecule has 4 N–H and O–H groups in total. The van der Waals surface area contributed by atoms with Crippen molar-refractivity contribution in [1.29, 1.82) is 0 Å². The molecule has 2 atom stereocenters. The molecule has 1 aromatic carbocycles. The van der Waals surface area contributed by atoms with Crippen molar-refractivity contribution in [2.45, 2.75) is 45.7 Å². The standard InChI is InChI=1S/C18H25N3O4/c1-10(2)15(17(23)21-9-5-8-14(21)18(24)25)20-16(22)12-6-4-7-13(19)11(12)3/h4,6-7,10,14-15H,5,8-9,19H2,1-3H3,(H,20,22)(H,24,25)/t14-,15-/m0/s1. The molecule has 1 aliphatic rings. The van der Waals surface area contributed by atoms with Gasteiger partial charge in [0, 0.05) is 17.8 Å². The number of benzene rings is 1. The van der Waals surface area contributed by atoms with Crippen LogP contribution in [0.1, 0.15) is 42.6 Å². The molecule has 0 unspecified atom stereocenters. The minimum absolute atomic E-state index is 0.173. The fraction of sp³-hybridized carbons (Fsp3) is 0.500. The molecule has 0 radical (unpaired) electrons. The number of carboxylic acid groups (broad SMARTS) is 1. The molecule has 7 nitrogen and oxygen atoms in total. The van der Waals surface area contributed by atoms with Crippen LogP contribution in [0, 0.1) is 12.8 Å². The van der Waals surface area contributed by atoms with Crippen molar-refractivity contribution in [3.05, 3.63) is 29.3 Å². The number of hydrogen-bond acceptors (Lipinski definition) is 4. The van der Waals surface area contributed by atoms with Gasteiger partial charge in [0.05, 0.1) is 0 Å². The number of nitrogen functional groups attached to an aromatic ring is 1. The molecule has 0 aromatic heterocycles. The van der Waals surface area contributed by atoms with Gasteiger partial charge in [0.25, 0.3) is 5.91 Å². The van der Waals surface area contributed by atoms with Gasteiger partial charge in [0.2, 0.25) is 5.91 Å². The monoisotopic (exact) mass is 347 g/mol. The summed E-state index contributed by atoms with van der Waals surface area (Å²) in [7, 11) is 0. The van der Waals surface area contributed by atoms with E-state index in [-0.39, 0.29) is 17.7 Å². The predicted molar refractivity (Wildman–Crippen MR) is 94.1 cm³/mol. The molecule has 0 aliphatic carbocycles. The first-order chi connectivity index (χ1) is 11.7. The fourth-order valence-corrected chi connectivity index (χ4v) is 3.10. The number of nitrogens with two attached hydrogens (primary N) is 1. The maximum Gasteiger partial charge on any atom is 0.326 e. The molecule has 1 aliphatic heterocycles. The number of nitrogens with one attached hydrogen (secondary N) is 1. The first-order valence-electron chi connectivity index (χ1n) is 8.43. The summed E-state index contributed by atoms with van der Waals surface area (Å²) in [6.45, 7) is 5.78. The highest BCUT2D eigenvalue weighted by Crippen LogP contribution is 2.21. The van der Waals surface area contributed by atoms with Crippen molar-refractivity contribution in [1.82, 2.24) is 10.2 Å². The van der Waals surface area contributed by atoms with Crippen molar-refractivity contribution in [3.8, 4) is 0 Å². The Morgan fingerprint density at radius 3 is 2.60 bits per heavy atom. The van der Waals surface area contributed by atoms with Gasteiger partial charge in [-0.2, -0.15) is 0 Å². The third kappa shape index (κ3) is 3.92. The number of aliphatic carboxylic acids is 1. The zero-order valence-corrected chi connectivity index (χ0v) is 14.8. The number of carbonyl (C=O) groups excluding carboxylic acids is 2. The second-order valence-corrected chi connectivity index (χ2v) is 6.74. The molecule has 2 rings (SSSR count). The maximum atomic E-state index is 12.8. The second kappa shape index (κ2) is 7.55. The highest BCUT2D eigenvalue weighted by atomic mass is 16.4. The summed E-state index contributed by atoms with van der Waals surface area (Å²) in [4.78, 5) is 38.2. The van der Waals surface area contributed by atoms with Gasteiger partial charge in [0.1, 0.15) is 12.1 Å². The molecule has 25 heavy (non-hydrogen) atoms. The van der Waals surface area contributed by atoms with E-state index in [2.05, 4.69) is 5.32 Å². The van der Waals surface area contributed by atoms with Crippen molar-refractivity contribution in [2.24, 2.45) is 5.92 Å². The van der Waals surface area contributed by atoms with E-state index in [1.54, 1.807) is 25.1 Å². The largest absolute Gasteiger partial charge is 0.480 e. The molecule has 2 amide bonds. The van der Waals surface area contributed by atoms with Gasteiger partial charge >= 0.3 is 5.97 Å². The Morgan fingerprint density at radius 1 is 1.32 bits per heavy atom. The SMILES string of the molecule is Cc1c(N)cccc1C(=O)N[C@H](C(=O)N1CCC[C@H]1C(=O)O)C(C)C. The first-order valence-corrected chi connectivity index (χ1v) is 8.43. The minimum Gasteiger partial charge on any atom is -0.480 e. The van der Waals surface area contributed by atoms with Crippen LogP contribution in [0.4, 0.5) is 5.69 Å². The van der Waals surface area contributed by atoms with Crippen LogP contribution in [0.3, 0.4) is 0 Å². The highest BCUT2D eigenvalue weighted by Gasteiger charge is 2.38. The Bertz CT molecular complexity index is 687. The molecule has 0 saturated carbocycles. The third-order valence-corrected chi connectivity index (χ3v) is 4.66. The topological polar surface area (TPSA) is 113 Å². The van der Waals surface area contributed by atoms with Crippen LogP contribution < -0.4 is 11.1 Å². The summed E-state index contributed by atoms with van der Waals surface area (Å²) in [5, 5.41) is 12.0. The number of nitrogens with zero attached hydrogens (tertiary/aromatic N) is 1. The molecule has 1 saturated heterocycles. The van der Waals surface area contributed by atoms with E-state index in [1.165, 1.54) is 4.90 Å². The molecule has 0 bridgehead atoms. The Hall–Kier alpha value is -2.57. The zero-order valence-electron chi connectivity index (χ0n) is 14.8. The molecule has 1 heterocycles. The van der Waals surface area contributed by atoms with Crippen molar-refractivity contribution < 1.29 is 19.5 Å². The van der Waals surface area contributed by atoms with Crippen molar-refractivity contribution in [2.75, 3.05) is 12.3 Å². The lowest BCUT2D eigenvalue weighted by Gasteiger charge is -2.29. The zero-order chi connectivity index (χ0) is 18.7. The van der Waals surface area contributed by atoms with Gasteiger partial charge in [-0.05, 0) is 43.4 Å². The number of anilines is 1. The quantitative estimate of drug-likeness (QED) is 0.697.